The van der Waals surface area contributed by atoms with Crippen LogP contribution in [0.15, 0.2) is 71.6 Å². The summed E-state index contributed by atoms with van der Waals surface area (Å²) in [4.78, 5) is 33.1. The average Bonchev–Trinajstić information content (AvgIpc) is 3.47. The highest BCUT2D eigenvalue weighted by Gasteiger charge is 2.47. The van der Waals surface area contributed by atoms with Gasteiger partial charge in [0.05, 0.1) is 5.57 Å². The zero-order valence-corrected chi connectivity index (χ0v) is 19.5. The minimum Gasteiger partial charge on any atom is -0.507 e. The van der Waals surface area contributed by atoms with E-state index in [9.17, 15) is 19.1 Å². The first-order valence-electron chi connectivity index (χ1n) is 11.1. The third-order valence-corrected chi connectivity index (χ3v) is 7.30. The number of anilines is 2. The highest BCUT2D eigenvalue weighted by atomic mass is 32.1. The summed E-state index contributed by atoms with van der Waals surface area (Å²) in [6.07, 6.45) is 0. The van der Waals surface area contributed by atoms with E-state index in [1.165, 1.54) is 40.5 Å². The van der Waals surface area contributed by atoms with Gasteiger partial charge in [-0.25, -0.2) is 4.39 Å². The van der Waals surface area contributed by atoms with Crippen molar-refractivity contribution in [1.29, 1.82) is 0 Å². The zero-order valence-electron chi connectivity index (χ0n) is 18.6. The van der Waals surface area contributed by atoms with Crippen molar-refractivity contribution in [3.8, 4) is 0 Å². The lowest BCUT2D eigenvalue weighted by atomic mass is 9.99. The zero-order chi connectivity index (χ0) is 23.8. The molecule has 2 aliphatic rings. The van der Waals surface area contributed by atoms with Crippen molar-refractivity contribution in [2.45, 2.75) is 6.04 Å². The van der Waals surface area contributed by atoms with Gasteiger partial charge >= 0.3 is 0 Å². The van der Waals surface area contributed by atoms with Crippen molar-refractivity contribution in [3.05, 3.63) is 87.9 Å². The molecule has 1 amide bonds. The summed E-state index contributed by atoms with van der Waals surface area (Å²) >= 11 is 1.40. The number of benzene rings is 2. The van der Waals surface area contributed by atoms with E-state index in [-0.39, 0.29) is 16.9 Å². The molecule has 3 heterocycles. The molecule has 1 aromatic heterocycles. The van der Waals surface area contributed by atoms with E-state index in [2.05, 4.69) is 16.8 Å². The predicted octanol–water partition coefficient (Wildman–Crippen LogP) is 4.27. The van der Waals surface area contributed by atoms with Crippen LogP contribution in [0.2, 0.25) is 0 Å². The highest BCUT2D eigenvalue weighted by molar-refractivity contribution is 7.10. The maximum atomic E-state index is 13.4. The molecule has 34 heavy (non-hydrogen) atoms. The average molecular weight is 478 g/mol. The summed E-state index contributed by atoms with van der Waals surface area (Å²) in [5, 5.41) is 12.9. The Morgan fingerprint density at radius 1 is 0.941 bits per heavy atom. The van der Waals surface area contributed by atoms with Gasteiger partial charge < -0.3 is 14.9 Å². The minimum atomic E-state index is -0.764. The smallest absolute Gasteiger partial charge is 0.300 e. The Bertz CT molecular complexity index is 1230. The van der Waals surface area contributed by atoms with E-state index in [1.54, 1.807) is 0 Å². The van der Waals surface area contributed by atoms with Gasteiger partial charge in [-0.05, 0) is 67.0 Å². The number of aliphatic hydroxyl groups is 1. The fourth-order valence-electron chi connectivity index (χ4n) is 4.47. The quantitative estimate of drug-likeness (QED) is 0.346. The van der Waals surface area contributed by atoms with Gasteiger partial charge in [-0.3, -0.25) is 14.5 Å². The van der Waals surface area contributed by atoms with Crippen LogP contribution in [-0.2, 0) is 9.59 Å². The molecule has 8 heteroatoms. The highest BCUT2D eigenvalue weighted by Crippen LogP contribution is 2.43. The summed E-state index contributed by atoms with van der Waals surface area (Å²) in [6, 6.07) is 15.7. The van der Waals surface area contributed by atoms with Crippen LogP contribution in [0.3, 0.4) is 0 Å². The molecule has 2 aromatic carbocycles. The van der Waals surface area contributed by atoms with Gasteiger partial charge in [0.2, 0.25) is 0 Å². The number of aliphatic hydroxyl groups excluding tert-OH is 1. The van der Waals surface area contributed by atoms with Crippen LogP contribution < -0.4 is 9.80 Å². The first-order chi connectivity index (χ1) is 16.4. The largest absolute Gasteiger partial charge is 0.507 e. The number of hydrogen-bond donors (Lipinski definition) is 1. The number of ketones is 1. The Morgan fingerprint density at radius 2 is 1.59 bits per heavy atom. The molecule has 0 aliphatic carbocycles. The van der Waals surface area contributed by atoms with Crippen molar-refractivity contribution < 1.29 is 19.1 Å². The standard InChI is InChI=1S/C26H24FN3O3S/c1-28-12-14-29(15-13-28)19-8-10-20(11-9-19)30-23(21-3-2-16-34-21)22(25(32)26(30)33)24(31)17-4-6-18(27)7-5-17/h2-11,16,23,31H,12-15H2,1H3/b24-22-. The summed E-state index contributed by atoms with van der Waals surface area (Å²) < 4.78 is 13.4. The van der Waals surface area contributed by atoms with Gasteiger partial charge in [0.25, 0.3) is 11.7 Å². The van der Waals surface area contributed by atoms with Crippen molar-refractivity contribution in [1.82, 2.24) is 4.90 Å². The molecule has 3 aromatic rings. The van der Waals surface area contributed by atoms with Crippen molar-refractivity contribution >= 4 is 40.2 Å². The van der Waals surface area contributed by atoms with Crippen molar-refractivity contribution in [2.75, 3.05) is 43.0 Å². The number of Topliss-reactive ketones (excluding diaryl/α,β-unsaturated/α-hetero) is 1. The molecule has 5 rings (SSSR count). The van der Waals surface area contributed by atoms with E-state index in [0.29, 0.717) is 5.69 Å². The van der Waals surface area contributed by atoms with Crippen LogP contribution in [0, 0.1) is 5.82 Å². The Hall–Kier alpha value is -3.49. The molecule has 0 saturated carbocycles. The summed E-state index contributed by atoms with van der Waals surface area (Å²) in [6.45, 7) is 3.82. The third kappa shape index (κ3) is 3.99. The molecule has 1 unspecified atom stereocenters. The van der Waals surface area contributed by atoms with Crippen molar-refractivity contribution in [3.63, 3.8) is 0 Å². The summed E-state index contributed by atoms with van der Waals surface area (Å²) in [5.74, 6) is -2.22. The van der Waals surface area contributed by atoms with Gasteiger partial charge in [-0.1, -0.05) is 6.07 Å². The van der Waals surface area contributed by atoms with Crippen LogP contribution in [-0.4, -0.2) is 54.9 Å². The Labute approximate surface area is 201 Å². The van der Waals surface area contributed by atoms with Crippen molar-refractivity contribution in [2.24, 2.45) is 0 Å². The van der Waals surface area contributed by atoms with E-state index in [1.807, 2.05) is 41.8 Å². The molecule has 2 aliphatic heterocycles. The monoisotopic (exact) mass is 477 g/mol. The molecule has 0 spiro atoms. The molecule has 0 radical (unpaired) electrons. The number of halogens is 1. The number of piperazine rings is 1. The minimum absolute atomic E-state index is 0.00204. The Kier molecular flexibility index (Phi) is 5.93. The van der Waals surface area contributed by atoms with Gasteiger partial charge in [-0.15, -0.1) is 11.3 Å². The number of hydrogen-bond acceptors (Lipinski definition) is 6. The first-order valence-corrected chi connectivity index (χ1v) is 12.0. The molecule has 1 atom stereocenters. The fourth-order valence-corrected chi connectivity index (χ4v) is 5.29. The Balaban J connectivity index is 1.54. The van der Waals surface area contributed by atoms with Gasteiger partial charge in [0, 0.05) is 48.0 Å². The molecular formula is C26H24FN3O3S. The number of rotatable bonds is 4. The maximum absolute atomic E-state index is 13.4. The number of likely N-dealkylation sites (N-methyl/N-ethyl adjacent to an activating group) is 1. The van der Waals surface area contributed by atoms with Gasteiger partial charge in [0.15, 0.2) is 0 Å². The number of carbonyl (C=O) groups is 2. The lowest BCUT2D eigenvalue weighted by Gasteiger charge is -2.34. The van der Waals surface area contributed by atoms with Crippen LogP contribution in [0.5, 0.6) is 0 Å². The second-order valence-electron chi connectivity index (χ2n) is 8.50. The summed E-state index contributed by atoms with van der Waals surface area (Å²) in [7, 11) is 2.10. The molecule has 1 N–H and O–H groups in total. The van der Waals surface area contributed by atoms with Gasteiger partial charge in [0.1, 0.15) is 17.6 Å². The first kappa shape index (κ1) is 22.3. The predicted molar refractivity (Wildman–Crippen MR) is 132 cm³/mol. The molecule has 174 valence electrons. The molecule has 2 saturated heterocycles. The van der Waals surface area contributed by atoms with Crippen LogP contribution in [0.25, 0.3) is 5.76 Å². The SMILES string of the molecule is CN1CCN(c2ccc(N3C(=O)C(=O)/C(=C(\O)c4ccc(F)cc4)C3c3cccs3)cc2)CC1. The van der Waals surface area contributed by atoms with E-state index < -0.39 is 23.5 Å². The second kappa shape index (κ2) is 9.04. The number of carbonyl (C=O) groups excluding carboxylic acids is 2. The van der Waals surface area contributed by atoms with E-state index >= 15 is 0 Å². The number of nitrogens with zero attached hydrogens (tertiary/aromatic N) is 3. The lowest BCUT2D eigenvalue weighted by molar-refractivity contribution is -0.132. The fraction of sp³-hybridized carbons (Fsp3) is 0.231. The lowest BCUT2D eigenvalue weighted by Crippen LogP contribution is -2.44. The summed E-state index contributed by atoms with van der Waals surface area (Å²) in [5.41, 5.74) is 1.93. The van der Waals surface area contributed by atoms with Crippen LogP contribution in [0.4, 0.5) is 15.8 Å². The molecular weight excluding hydrogens is 453 g/mol. The third-order valence-electron chi connectivity index (χ3n) is 6.37. The van der Waals surface area contributed by atoms with Crippen LogP contribution in [0.1, 0.15) is 16.5 Å². The molecule has 2 fully saturated rings. The molecule has 0 bridgehead atoms. The second-order valence-corrected chi connectivity index (χ2v) is 9.48. The normalized spacial score (nSPS) is 20.8. The van der Waals surface area contributed by atoms with E-state index in [0.717, 1.165) is 36.7 Å². The van der Waals surface area contributed by atoms with E-state index in [4.69, 9.17) is 0 Å². The number of thiophene rings is 1. The molecule has 6 nitrogen and oxygen atoms in total. The number of amides is 1. The Morgan fingerprint density at radius 3 is 2.21 bits per heavy atom. The maximum Gasteiger partial charge on any atom is 0.300 e. The van der Waals surface area contributed by atoms with Crippen LogP contribution >= 0.6 is 11.3 Å². The van der Waals surface area contributed by atoms with Gasteiger partial charge in [-0.2, -0.15) is 0 Å². The topological polar surface area (TPSA) is 64.1 Å².